The van der Waals surface area contributed by atoms with Crippen molar-refractivity contribution < 1.29 is 14.3 Å². The maximum atomic E-state index is 12.7. The molecule has 6 nitrogen and oxygen atoms in total. The highest BCUT2D eigenvalue weighted by Gasteiger charge is 2.45. The Hall–Kier alpha value is -2.44. The normalized spacial score (nSPS) is 22.1. The summed E-state index contributed by atoms with van der Waals surface area (Å²) in [5.41, 5.74) is 1.75. The number of pyridine rings is 1. The highest BCUT2D eigenvalue weighted by Crippen LogP contribution is 2.35. The van der Waals surface area contributed by atoms with Crippen LogP contribution in [0.2, 0.25) is 0 Å². The van der Waals surface area contributed by atoms with Gasteiger partial charge in [-0.25, -0.2) is 4.98 Å². The molecule has 4 rings (SSSR count). The standard InChI is InChI=1S/C23H29N3O3/c1-18-22(27)26(20-8-4-3-5-9-20)17-23(29-18)12-15-25(16-13-23)14-11-19-7-6-10-21(24-19)28-2/h3-10,18H,11-17H2,1-2H3. The van der Waals surface area contributed by atoms with Crippen molar-refractivity contribution in [3.63, 3.8) is 0 Å². The predicted molar refractivity (Wildman–Crippen MR) is 112 cm³/mol. The fourth-order valence-electron chi connectivity index (χ4n) is 4.32. The Kier molecular flexibility index (Phi) is 5.83. The summed E-state index contributed by atoms with van der Waals surface area (Å²) in [6.45, 7) is 5.40. The molecular weight excluding hydrogens is 366 g/mol. The smallest absolute Gasteiger partial charge is 0.255 e. The number of likely N-dealkylation sites (tertiary alicyclic amines) is 1. The van der Waals surface area contributed by atoms with Crippen LogP contribution in [0, 0.1) is 0 Å². The maximum Gasteiger partial charge on any atom is 0.255 e. The second-order valence-electron chi connectivity index (χ2n) is 7.97. The van der Waals surface area contributed by atoms with Crippen LogP contribution in [0.15, 0.2) is 48.5 Å². The summed E-state index contributed by atoms with van der Waals surface area (Å²) in [6.07, 6.45) is 2.35. The molecular formula is C23H29N3O3. The molecule has 0 radical (unpaired) electrons. The van der Waals surface area contributed by atoms with E-state index in [0.717, 1.165) is 50.3 Å². The molecule has 154 valence electrons. The molecule has 0 bridgehead atoms. The Bertz CT molecular complexity index is 834. The van der Waals surface area contributed by atoms with Crippen molar-refractivity contribution in [2.24, 2.45) is 0 Å². The Morgan fingerprint density at radius 2 is 1.90 bits per heavy atom. The van der Waals surface area contributed by atoms with Crippen molar-refractivity contribution in [3.8, 4) is 5.88 Å². The van der Waals surface area contributed by atoms with Gasteiger partial charge in [0.25, 0.3) is 5.91 Å². The van der Waals surface area contributed by atoms with E-state index in [1.165, 1.54) is 0 Å². The van der Waals surface area contributed by atoms with Crippen molar-refractivity contribution in [2.75, 3.05) is 38.2 Å². The first-order chi connectivity index (χ1) is 14.1. The van der Waals surface area contributed by atoms with Crippen molar-refractivity contribution in [3.05, 3.63) is 54.2 Å². The van der Waals surface area contributed by atoms with Crippen molar-refractivity contribution in [1.82, 2.24) is 9.88 Å². The van der Waals surface area contributed by atoms with Crippen molar-refractivity contribution >= 4 is 11.6 Å². The molecule has 1 unspecified atom stereocenters. The lowest BCUT2D eigenvalue weighted by Crippen LogP contribution is -2.61. The average molecular weight is 396 g/mol. The molecule has 29 heavy (non-hydrogen) atoms. The number of ether oxygens (including phenoxy) is 2. The van der Waals surface area contributed by atoms with Crippen LogP contribution in [0.25, 0.3) is 0 Å². The number of amides is 1. The molecule has 0 N–H and O–H groups in total. The molecule has 1 atom stereocenters. The summed E-state index contributed by atoms with van der Waals surface area (Å²) in [6, 6.07) is 15.8. The lowest BCUT2D eigenvalue weighted by atomic mass is 9.88. The summed E-state index contributed by atoms with van der Waals surface area (Å²) >= 11 is 0. The number of methoxy groups -OCH3 is 1. The van der Waals surface area contributed by atoms with Gasteiger partial charge in [-0.1, -0.05) is 24.3 Å². The molecule has 1 amide bonds. The number of piperidine rings is 1. The van der Waals surface area contributed by atoms with Gasteiger partial charge in [0.1, 0.15) is 6.10 Å². The Labute approximate surface area is 172 Å². The zero-order chi connectivity index (χ0) is 20.3. The quantitative estimate of drug-likeness (QED) is 0.779. The second kappa shape index (κ2) is 8.51. The second-order valence-corrected chi connectivity index (χ2v) is 7.97. The number of anilines is 1. The highest BCUT2D eigenvalue weighted by molar-refractivity contribution is 5.97. The van der Waals surface area contributed by atoms with Crippen LogP contribution in [-0.4, -0.2) is 60.8 Å². The van der Waals surface area contributed by atoms with Crippen LogP contribution >= 0.6 is 0 Å². The maximum absolute atomic E-state index is 12.7. The molecule has 2 aliphatic rings. The number of rotatable bonds is 5. The summed E-state index contributed by atoms with van der Waals surface area (Å²) in [4.78, 5) is 21.6. The number of carbonyl (C=O) groups excluding carboxylic acids is 1. The van der Waals surface area contributed by atoms with Gasteiger partial charge in [0.15, 0.2) is 0 Å². The molecule has 1 aromatic heterocycles. The van der Waals surface area contributed by atoms with Crippen LogP contribution < -0.4 is 9.64 Å². The first kappa shape index (κ1) is 19.9. The van der Waals surface area contributed by atoms with Crippen LogP contribution in [0.5, 0.6) is 5.88 Å². The van der Waals surface area contributed by atoms with Gasteiger partial charge in [0, 0.05) is 43.5 Å². The number of hydrogen-bond acceptors (Lipinski definition) is 5. The molecule has 2 saturated heterocycles. The van der Waals surface area contributed by atoms with Gasteiger partial charge < -0.3 is 19.3 Å². The number of morpholine rings is 1. The van der Waals surface area contributed by atoms with Gasteiger partial charge in [-0.05, 0) is 38.0 Å². The largest absolute Gasteiger partial charge is 0.481 e. The van der Waals surface area contributed by atoms with Gasteiger partial charge in [-0.15, -0.1) is 0 Å². The fourth-order valence-corrected chi connectivity index (χ4v) is 4.32. The van der Waals surface area contributed by atoms with Gasteiger partial charge in [0.05, 0.1) is 19.3 Å². The van der Waals surface area contributed by atoms with E-state index in [1.807, 2.05) is 60.4 Å². The number of carbonyl (C=O) groups is 1. The molecule has 0 saturated carbocycles. The Balaban J connectivity index is 1.37. The van der Waals surface area contributed by atoms with Gasteiger partial charge >= 0.3 is 0 Å². The number of para-hydroxylation sites is 1. The molecule has 1 aromatic carbocycles. The van der Waals surface area contributed by atoms with E-state index in [4.69, 9.17) is 9.47 Å². The van der Waals surface area contributed by atoms with Crippen molar-refractivity contribution in [1.29, 1.82) is 0 Å². The van der Waals surface area contributed by atoms with Crippen LogP contribution in [0.1, 0.15) is 25.5 Å². The third-order valence-corrected chi connectivity index (χ3v) is 6.00. The minimum Gasteiger partial charge on any atom is -0.481 e. The number of aromatic nitrogens is 1. The number of nitrogens with zero attached hydrogens (tertiary/aromatic N) is 3. The zero-order valence-corrected chi connectivity index (χ0v) is 17.2. The molecule has 6 heteroatoms. The van der Waals surface area contributed by atoms with E-state index in [0.29, 0.717) is 12.4 Å². The molecule has 1 spiro atoms. The number of benzene rings is 1. The summed E-state index contributed by atoms with van der Waals surface area (Å²) in [5, 5.41) is 0. The molecule has 0 aliphatic carbocycles. The van der Waals surface area contributed by atoms with Gasteiger partial charge in [-0.3, -0.25) is 4.79 Å². The van der Waals surface area contributed by atoms with Crippen LogP contribution in [0.3, 0.4) is 0 Å². The van der Waals surface area contributed by atoms with Gasteiger partial charge in [-0.2, -0.15) is 0 Å². The average Bonchev–Trinajstić information content (AvgIpc) is 2.77. The van der Waals surface area contributed by atoms with Crippen molar-refractivity contribution in [2.45, 2.75) is 37.9 Å². The molecule has 2 aromatic rings. The first-order valence-corrected chi connectivity index (χ1v) is 10.4. The van der Waals surface area contributed by atoms with E-state index in [2.05, 4.69) is 9.88 Å². The monoisotopic (exact) mass is 395 g/mol. The molecule has 2 fully saturated rings. The number of hydrogen-bond donors (Lipinski definition) is 0. The summed E-state index contributed by atoms with van der Waals surface area (Å²) in [7, 11) is 1.64. The van der Waals surface area contributed by atoms with E-state index < -0.39 is 6.10 Å². The van der Waals surface area contributed by atoms with E-state index >= 15 is 0 Å². The topological polar surface area (TPSA) is 54.9 Å². The lowest BCUT2D eigenvalue weighted by Gasteiger charge is -2.49. The third-order valence-electron chi connectivity index (χ3n) is 6.00. The highest BCUT2D eigenvalue weighted by atomic mass is 16.5. The fraction of sp³-hybridized carbons (Fsp3) is 0.478. The molecule has 2 aliphatic heterocycles. The third kappa shape index (κ3) is 4.43. The summed E-state index contributed by atoms with van der Waals surface area (Å²) < 4.78 is 11.5. The minimum atomic E-state index is -0.406. The van der Waals surface area contributed by atoms with E-state index in [-0.39, 0.29) is 11.5 Å². The zero-order valence-electron chi connectivity index (χ0n) is 17.2. The predicted octanol–water partition coefficient (Wildman–Crippen LogP) is 2.92. The Morgan fingerprint density at radius 1 is 1.14 bits per heavy atom. The van der Waals surface area contributed by atoms with Crippen LogP contribution in [-0.2, 0) is 16.0 Å². The van der Waals surface area contributed by atoms with E-state index in [1.54, 1.807) is 7.11 Å². The Morgan fingerprint density at radius 3 is 2.62 bits per heavy atom. The minimum absolute atomic E-state index is 0.0494. The first-order valence-electron chi connectivity index (χ1n) is 10.4. The lowest BCUT2D eigenvalue weighted by molar-refractivity contribution is -0.161. The van der Waals surface area contributed by atoms with Gasteiger partial charge in [0.2, 0.25) is 5.88 Å². The SMILES string of the molecule is COc1cccc(CCN2CCC3(CC2)CN(c2ccccc2)C(=O)C(C)O3)n1. The summed E-state index contributed by atoms with van der Waals surface area (Å²) in [5.74, 6) is 0.712. The van der Waals surface area contributed by atoms with E-state index in [9.17, 15) is 4.79 Å². The molecule has 3 heterocycles. The van der Waals surface area contributed by atoms with Crippen LogP contribution in [0.4, 0.5) is 5.69 Å².